The Morgan fingerprint density at radius 1 is 0.909 bits per heavy atom. The van der Waals surface area contributed by atoms with Crippen molar-refractivity contribution < 1.29 is 45.2 Å². The maximum absolute atomic E-state index is 9.95. The molecule has 2 heterocycles. The Morgan fingerprint density at radius 3 is 2.18 bits per heavy atom. The molecular weight excluding hydrogens is 302 g/mol. The van der Waals surface area contributed by atoms with Crippen LogP contribution in [0.3, 0.4) is 0 Å². The van der Waals surface area contributed by atoms with E-state index in [0.29, 0.717) is 0 Å². The van der Waals surface area contributed by atoms with Crippen LogP contribution in [0.25, 0.3) is 0 Å². The summed E-state index contributed by atoms with van der Waals surface area (Å²) in [5.41, 5.74) is 0. The second-order valence-corrected chi connectivity index (χ2v) is 5.58. The molecule has 0 saturated carbocycles. The van der Waals surface area contributed by atoms with Gasteiger partial charge in [0.2, 0.25) is 0 Å². The number of hydrogen-bond acceptors (Lipinski definition) is 10. The smallest absolute Gasteiger partial charge is 0.187 e. The van der Waals surface area contributed by atoms with E-state index < -0.39 is 61.7 Å². The first-order chi connectivity index (χ1) is 10.4. The molecule has 2 saturated heterocycles. The first-order valence-corrected chi connectivity index (χ1v) is 7.07. The van der Waals surface area contributed by atoms with E-state index in [1.54, 1.807) is 0 Å². The van der Waals surface area contributed by atoms with Gasteiger partial charge in [-0.05, 0) is 0 Å². The summed E-state index contributed by atoms with van der Waals surface area (Å²) in [6, 6.07) is 0. The zero-order chi connectivity index (χ0) is 16.4. The Balaban J connectivity index is 2.09. The lowest BCUT2D eigenvalue weighted by atomic mass is 9.92. The Bertz CT molecular complexity index is 355. The van der Waals surface area contributed by atoms with E-state index in [0.717, 1.165) is 0 Å². The molecule has 0 spiro atoms. The number of piperidine rings is 1. The quantitative estimate of drug-likeness (QED) is 0.250. The fraction of sp³-hybridized carbons (Fsp3) is 1.00. The van der Waals surface area contributed by atoms with Gasteiger partial charge in [-0.1, -0.05) is 0 Å². The molecule has 0 amide bonds. The molecule has 130 valence electrons. The van der Waals surface area contributed by atoms with Crippen molar-refractivity contribution in [3.8, 4) is 0 Å². The lowest BCUT2D eigenvalue weighted by Gasteiger charge is -2.44. The monoisotopic (exact) mass is 325 g/mol. The van der Waals surface area contributed by atoms with Crippen LogP contribution in [0.15, 0.2) is 0 Å². The van der Waals surface area contributed by atoms with Gasteiger partial charge < -0.3 is 45.2 Å². The van der Waals surface area contributed by atoms with Gasteiger partial charge in [0, 0.05) is 19.1 Å². The minimum Gasteiger partial charge on any atom is -0.396 e. The van der Waals surface area contributed by atoms with Crippen molar-refractivity contribution in [2.45, 2.75) is 49.1 Å². The van der Waals surface area contributed by atoms with E-state index in [4.69, 9.17) is 14.6 Å². The van der Waals surface area contributed by atoms with Crippen molar-refractivity contribution in [1.29, 1.82) is 0 Å². The highest BCUT2D eigenvalue weighted by molar-refractivity contribution is 4.92. The van der Waals surface area contributed by atoms with Gasteiger partial charge in [-0.25, -0.2) is 0 Å². The van der Waals surface area contributed by atoms with Crippen LogP contribution >= 0.6 is 0 Å². The lowest BCUT2D eigenvalue weighted by Crippen LogP contribution is -2.64. The lowest BCUT2D eigenvalue weighted by molar-refractivity contribution is -0.327. The molecule has 22 heavy (non-hydrogen) atoms. The van der Waals surface area contributed by atoms with Gasteiger partial charge in [-0.2, -0.15) is 0 Å². The Labute approximate surface area is 126 Å². The molecule has 2 aliphatic rings. The van der Waals surface area contributed by atoms with E-state index in [-0.39, 0.29) is 13.2 Å². The van der Waals surface area contributed by atoms with Gasteiger partial charge in [0.15, 0.2) is 6.29 Å². The summed E-state index contributed by atoms with van der Waals surface area (Å²) in [4.78, 5) is 0. The van der Waals surface area contributed by atoms with Crippen molar-refractivity contribution in [3.05, 3.63) is 0 Å². The maximum atomic E-state index is 9.95. The average Bonchev–Trinajstić information content (AvgIpc) is 2.52. The van der Waals surface area contributed by atoms with E-state index >= 15 is 0 Å². The average molecular weight is 325 g/mol. The second-order valence-electron chi connectivity index (χ2n) is 5.58. The third kappa shape index (κ3) is 3.41. The molecule has 10 heteroatoms. The molecule has 9 atom stereocenters. The van der Waals surface area contributed by atoms with Gasteiger partial charge in [-0.15, -0.1) is 0 Å². The molecule has 0 unspecified atom stereocenters. The molecule has 0 radical (unpaired) electrons. The van der Waals surface area contributed by atoms with Crippen molar-refractivity contribution in [2.24, 2.45) is 5.92 Å². The molecule has 10 nitrogen and oxygen atoms in total. The van der Waals surface area contributed by atoms with Crippen molar-refractivity contribution in [1.82, 2.24) is 5.32 Å². The molecular formula is C12H23NO9. The van der Waals surface area contributed by atoms with Gasteiger partial charge >= 0.3 is 0 Å². The van der Waals surface area contributed by atoms with Crippen LogP contribution in [0, 0.1) is 5.92 Å². The number of ether oxygens (including phenoxy) is 2. The molecule has 0 aliphatic carbocycles. The molecule has 8 N–H and O–H groups in total. The summed E-state index contributed by atoms with van der Waals surface area (Å²) < 4.78 is 10.6. The Morgan fingerprint density at radius 2 is 1.59 bits per heavy atom. The fourth-order valence-corrected chi connectivity index (χ4v) is 2.66. The number of hydrogen-bond donors (Lipinski definition) is 8. The van der Waals surface area contributed by atoms with Crippen molar-refractivity contribution >= 4 is 0 Å². The van der Waals surface area contributed by atoms with Crippen LogP contribution in [0.4, 0.5) is 0 Å². The molecule has 0 aromatic rings. The van der Waals surface area contributed by atoms with Crippen LogP contribution in [0.5, 0.6) is 0 Å². The molecule has 2 fully saturated rings. The van der Waals surface area contributed by atoms with Crippen LogP contribution in [-0.4, -0.2) is 105 Å². The maximum Gasteiger partial charge on any atom is 0.187 e. The number of rotatable bonds is 4. The molecule has 0 aromatic heterocycles. The number of aliphatic hydroxyl groups excluding tert-OH is 7. The first kappa shape index (κ1) is 17.9. The van der Waals surface area contributed by atoms with E-state index in [1.165, 1.54) is 0 Å². The normalized spacial score (nSPS) is 50.0. The predicted octanol–water partition coefficient (Wildman–Crippen LogP) is -4.94. The summed E-state index contributed by atoms with van der Waals surface area (Å²) in [6.07, 6.45) is -11.0. The van der Waals surface area contributed by atoms with Crippen LogP contribution in [-0.2, 0) is 9.47 Å². The summed E-state index contributed by atoms with van der Waals surface area (Å²) in [7, 11) is 0. The predicted molar refractivity (Wildman–Crippen MR) is 69.2 cm³/mol. The Kier molecular flexibility index (Phi) is 6.07. The van der Waals surface area contributed by atoms with Gasteiger partial charge in [0.25, 0.3) is 0 Å². The van der Waals surface area contributed by atoms with Crippen molar-refractivity contribution in [3.63, 3.8) is 0 Å². The van der Waals surface area contributed by atoms with Gasteiger partial charge in [-0.3, -0.25) is 5.32 Å². The fourth-order valence-electron chi connectivity index (χ4n) is 2.66. The van der Waals surface area contributed by atoms with E-state index in [9.17, 15) is 30.6 Å². The van der Waals surface area contributed by atoms with Gasteiger partial charge in [0.1, 0.15) is 36.7 Å². The standard InChI is InChI=1S/C12H23NO9/c14-2-4-1-13-11(20)9(19)10(4)22-12-8(18)7(17)6(16)5(3-15)21-12/h4-20H,1-3H2/t4-,5-,6-,7+,8-,9+,10-,11-,12+/m1/s1. The van der Waals surface area contributed by atoms with Crippen LogP contribution in [0.1, 0.15) is 0 Å². The van der Waals surface area contributed by atoms with Crippen LogP contribution < -0.4 is 5.32 Å². The third-order valence-corrected chi connectivity index (χ3v) is 4.09. The van der Waals surface area contributed by atoms with Crippen LogP contribution in [0.2, 0.25) is 0 Å². The molecule has 0 aromatic carbocycles. The SMILES string of the molecule is OC[C@H]1CN[C@H](O)[C@@H](O)[C@@H]1O[C@@H]1O[C@H](CO)[C@@H](O)[C@H](O)[C@H]1O. The number of aliphatic hydroxyl groups is 7. The highest BCUT2D eigenvalue weighted by Gasteiger charge is 2.47. The Hall–Kier alpha value is -0.400. The summed E-state index contributed by atoms with van der Waals surface area (Å²) in [6.45, 7) is -0.790. The molecule has 2 rings (SSSR count). The highest BCUT2D eigenvalue weighted by Crippen LogP contribution is 2.27. The van der Waals surface area contributed by atoms with E-state index in [1.807, 2.05) is 0 Å². The zero-order valence-electron chi connectivity index (χ0n) is 11.8. The largest absolute Gasteiger partial charge is 0.396 e. The first-order valence-electron chi connectivity index (χ1n) is 7.07. The summed E-state index contributed by atoms with van der Waals surface area (Å²) in [5, 5.41) is 69.8. The summed E-state index contributed by atoms with van der Waals surface area (Å²) >= 11 is 0. The van der Waals surface area contributed by atoms with Gasteiger partial charge in [0.05, 0.1) is 12.7 Å². The van der Waals surface area contributed by atoms with E-state index in [2.05, 4.69) is 5.32 Å². The summed E-state index contributed by atoms with van der Waals surface area (Å²) in [5.74, 6) is -0.578. The zero-order valence-corrected chi connectivity index (χ0v) is 11.8. The van der Waals surface area contributed by atoms with Crippen molar-refractivity contribution in [2.75, 3.05) is 19.8 Å². The number of nitrogens with one attached hydrogen (secondary N) is 1. The third-order valence-electron chi connectivity index (χ3n) is 4.09. The topological polar surface area (TPSA) is 172 Å². The minimum absolute atomic E-state index is 0.164. The minimum atomic E-state index is -1.61. The molecule has 0 bridgehead atoms. The second kappa shape index (κ2) is 7.45. The highest BCUT2D eigenvalue weighted by atomic mass is 16.7. The molecule has 2 aliphatic heterocycles.